The van der Waals surface area contributed by atoms with E-state index in [1.54, 1.807) is 41.2 Å². The highest BCUT2D eigenvalue weighted by molar-refractivity contribution is 7.99. The molecule has 0 bridgehead atoms. The van der Waals surface area contributed by atoms with Crippen molar-refractivity contribution in [3.05, 3.63) is 40.7 Å². The Hall–Kier alpha value is -1.93. The van der Waals surface area contributed by atoms with Gasteiger partial charge in [0, 0.05) is 28.7 Å². The van der Waals surface area contributed by atoms with Crippen LogP contribution in [0.2, 0.25) is 0 Å². The second kappa shape index (κ2) is 6.67. The zero-order valence-corrected chi connectivity index (χ0v) is 14.4. The lowest BCUT2D eigenvalue weighted by Gasteiger charge is -2.22. The molecule has 1 saturated heterocycles. The Morgan fingerprint density at radius 2 is 2.09 bits per heavy atom. The normalized spacial score (nSPS) is 17.3. The van der Waals surface area contributed by atoms with E-state index in [0.29, 0.717) is 22.3 Å². The predicted molar refractivity (Wildman–Crippen MR) is 91.7 cm³/mol. The van der Waals surface area contributed by atoms with Crippen LogP contribution in [0.1, 0.15) is 20.9 Å². The lowest BCUT2D eigenvalue weighted by atomic mass is 10.2. The molecule has 2 aromatic heterocycles. The maximum Gasteiger partial charge on any atom is 0.256 e. The number of hydrogen-bond donors (Lipinski definition) is 1. The van der Waals surface area contributed by atoms with Gasteiger partial charge >= 0.3 is 0 Å². The first-order chi connectivity index (χ1) is 11.0. The number of hydrogen-bond acceptors (Lipinski definition) is 6. The third-order valence-corrected chi connectivity index (χ3v) is 5.30. The molecule has 2 aromatic rings. The number of nitrogens with one attached hydrogen (secondary N) is 1. The summed E-state index contributed by atoms with van der Waals surface area (Å²) in [6.45, 7) is 3.80. The van der Waals surface area contributed by atoms with Crippen LogP contribution < -0.4 is 5.32 Å². The van der Waals surface area contributed by atoms with Crippen molar-refractivity contribution in [3.8, 4) is 0 Å². The average Bonchev–Trinajstić information content (AvgIpc) is 3.16. The quantitative estimate of drug-likeness (QED) is 0.921. The van der Waals surface area contributed by atoms with Gasteiger partial charge in [0.05, 0.1) is 11.4 Å². The molecule has 1 N–H and O–H groups in total. The van der Waals surface area contributed by atoms with Crippen LogP contribution in [0.15, 0.2) is 24.5 Å². The molecule has 0 radical (unpaired) electrons. The van der Waals surface area contributed by atoms with Crippen LogP contribution in [0, 0.1) is 13.8 Å². The van der Waals surface area contributed by atoms with E-state index < -0.39 is 6.04 Å². The van der Waals surface area contributed by atoms with Crippen molar-refractivity contribution in [1.29, 1.82) is 0 Å². The van der Waals surface area contributed by atoms with Crippen molar-refractivity contribution < 1.29 is 9.59 Å². The summed E-state index contributed by atoms with van der Waals surface area (Å²) in [5.74, 6) is 0.721. The van der Waals surface area contributed by atoms with Gasteiger partial charge in [-0.3, -0.25) is 14.6 Å². The summed E-state index contributed by atoms with van der Waals surface area (Å²) in [5.41, 5.74) is 1.35. The molecule has 1 atom stereocenters. The van der Waals surface area contributed by atoms with Gasteiger partial charge in [-0.25, -0.2) is 4.98 Å². The number of aryl methyl sites for hydroxylation is 2. The fourth-order valence-electron chi connectivity index (χ4n) is 2.22. The fourth-order valence-corrected chi connectivity index (χ4v) is 4.04. The monoisotopic (exact) mass is 348 g/mol. The van der Waals surface area contributed by atoms with E-state index in [1.807, 2.05) is 13.8 Å². The topological polar surface area (TPSA) is 75.2 Å². The lowest BCUT2D eigenvalue weighted by molar-refractivity contribution is -0.119. The van der Waals surface area contributed by atoms with Crippen molar-refractivity contribution in [3.63, 3.8) is 0 Å². The molecule has 0 aromatic carbocycles. The van der Waals surface area contributed by atoms with Crippen LogP contribution >= 0.6 is 23.1 Å². The van der Waals surface area contributed by atoms with E-state index >= 15 is 0 Å². The van der Waals surface area contributed by atoms with Crippen molar-refractivity contribution in [1.82, 2.24) is 14.9 Å². The average molecular weight is 348 g/mol. The van der Waals surface area contributed by atoms with Gasteiger partial charge in [0.2, 0.25) is 5.91 Å². The number of aromatic nitrogens is 2. The molecule has 0 saturated carbocycles. The molecule has 1 unspecified atom stereocenters. The highest BCUT2D eigenvalue weighted by Crippen LogP contribution is 2.25. The number of anilines is 1. The van der Waals surface area contributed by atoms with Gasteiger partial charge in [-0.05, 0) is 26.0 Å². The number of carbonyl (C=O) groups excluding carboxylic acids is 2. The number of nitrogens with zero attached hydrogens (tertiary/aromatic N) is 3. The lowest BCUT2D eigenvalue weighted by Crippen LogP contribution is -2.44. The molecular formula is C15H16N4O2S2. The number of thioether (sulfide) groups is 1. The molecule has 3 rings (SSSR count). The van der Waals surface area contributed by atoms with Gasteiger partial charge < -0.3 is 10.2 Å². The number of carbonyl (C=O) groups is 2. The number of amides is 2. The Labute approximate surface area is 142 Å². The van der Waals surface area contributed by atoms with Crippen LogP contribution in [0.4, 0.5) is 5.13 Å². The number of thiazole rings is 1. The zero-order valence-electron chi connectivity index (χ0n) is 12.8. The summed E-state index contributed by atoms with van der Waals surface area (Å²) >= 11 is 2.99. The molecule has 8 heteroatoms. The van der Waals surface area contributed by atoms with E-state index in [0.717, 1.165) is 10.6 Å². The first kappa shape index (κ1) is 15.9. The first-order valence-electron chi connectivity index (χ1n) is 7.09. The van der Waals surface area contributed by atoms with Crippen molar-refractivity contribution >= 4 is 40.0 Å². The second-order valence-electron chi connectivity index (χ2n) is 5.24. The van der Waals surface area contributed by atoms with Gasteiger partial charge in [-0.2, -0.15) is 0 Å². The van der Waals surface area contributed by atoms with Gasteiger partial charge in [0.25, 0.3) is 5.91 Å². The van der Waals surface area contributed by atoms with Crippen LogP contribution in [0.5, 0.6) is 0 Å². The third kappa shape index (κ3) is 3.53. The molecule has 120 valence electrons. The summed E-state index contributed by atoms with van der Waals surface area (Å²) in [6, 6.07) is 3.05. The summed E-state index contributed by atoms with van der Waals surface area (Å²) < 4.78 is 0. The maximum absolute atomic E-state index is 12.6. The van der Waals surface area contributed by atoms with Gasteiger partial charge in [0.1, 0.15) is 6.04 Å². The van der Waals surface area contributed by atoms with E-state index in [9.17, 15) is 9.59 Å². The standard InChI is InChI=1S/C15H16N4O2S2/c1-9-3-4-11(6-16-9)14(21)19-8-22-7-12(19)13(20)18-15-17-5-10(2)23-15/h3-6,12H,7-8H2,1-2H3,(H,17,18,20). The van der Waals surface area contributed by atoms with Crippen molar-refractivity contribution in [2.45, 2.75) is 19.9 Å². The molecule has 6 nitrogen and oxygen atoms in total. The fraction of sp³-hybridized carbons (Fsp3) is 0.333. The van der Waals surface area contributed by atoms with Gasteiger partial charge in [-0.15, -0.1) is 23.1 Å². The van der Waals surface area contributed by atoms with Crippen molar-refractivity contribution in [2.24, 2.45) is 0 Å². The summed E-state index contributed by atoms with van der Waals surface area (Å²) in [7, 11) is 0. The zero-order chi connectivity index (χ0) is 16.4. The molecule has 2 amide bonds. The smallest absolute Gasteiger partial charge is 0.256 e. The molecule has 1 fully saturated rings. The molecule has 3 heterocycles. The third-order valence-electron chi connectivity index (χ3n) is 3.46. The van der Waals surface area contributed by atoms with Crippen LogP contribution in [0.25, 0.3) is 0 Å². The van der Waals surface area contributed by atoms with Crippen LogP contribution in [-0.4, -0.2) is 44.4 Å². The highest BCUT2D eigenvalue weighted by atomic mass is 32.2. The molecule has 23 heavy (non-hydrogen) atoms. The summed E-state index contributed by atoms with van der Waals surface area (Å²) in [6.07, 6.45) is 3.27. The minimum Gasteiger partial charge on any atom is -0.316 e. The molecule has 1 aliphatic rings. The number of rotatable bonds is 3. The molecular weight excluding hydrogens is 332 g/mol. The van der Waals surface area contributed by atoms with Crippen molar-refractivity contribution in [2.75, 3.05) is 16.9 Å². The Balaban J connectivity index is 1.73. The number of pyridine rings is 1. The Kier molecular flexibility index (Phi) is 4.63. The minimum atomic E-state index is -0.488. The van der Waals surface area contributed by atoms with E-state index in [4.69, 9.17) is 0 Å². The largest absolute Gasteiger partial charge is 0.316 e. The summed E-state index contributed by atoms with van der Waals surface area (Å²) in [5, 5.41) is 3.36. The predicted octanol–water partition coefficient (Wildman–Crippen LogP) is 2.31. The Bertz CT molecular complexity index is 729. The molecule has 0 aliphatic carbocycles. The highest BCUT2D eigenvalue weighted by Gasteiger charge is 2.35. The van der Waals surface area contributed by atoms with E-state index in [2.05, 4.69) is 15.3 Å². The van der Waals surface area contributed by atoms with Crippen LogP contribution in [-0.2, 0) is 4.79 Å². The summed E-state index contributed by atoms with van der Waals surface area (Å²) in [4.78, 5) is 36.0. The van der Waals surface area contributed by atoms with E-state index in [-0.39, 0.29) is 11.8 Å². The maximum atomic E-state index is 12.6. The molecule has 0 spiro atoms. The van der Waals surface area contributed by atoms with Gasteiger partial charge in [-0.1, -0.05) is 0 Å². The van der Waals surface area contributed by atoms with Gasteiger partial charge in [0.15, 0.2) is 5.13 Å². The first-order valence-corrected chi connectivity index (χ1v) is 9.06. The van der Waals surface area contributed by atoms with E-state index in [1.165, 1.54) is 11.3 Å². The SMILES string of the molecule is Cc1ccc(C(=O)N2CSCC2C(=O)Nc2ncc(C)s2)cn1. The molecule has 1 aliphatic heterocycles. The Morgan fingerprint density at radius 1 is 1.26 bits per heavy atom. The minimum absolute atomic E-state index is 0.169. The second-order valence-corrected chi connectivity index (χ2v) is 7.48. The Morgan fingerprint density at radius 3 is 2.74 bits per heavy atom. The van der Waals surface area contributed by atoms with Crippen LogP contribution in [0.3, 0.4) is 0 Å².